The Morgan fingerprint density at radius 3 is 2.75 bits per heavy atom. The molecule has 82 valence electrons. The van der Waals surface area contributed by atoms with Gasteiger partial charge in [0, 0.05) is 18.0 Å². The first-order chi connectivity index (χ1) is 7.86. The minimum atomic E-state index is -0.380. The molecule has 1 heterocycles. The van der Waals surface area contributed by atoms with Crippen LogP contribution in [0.15, 0.2) is 30.6 Å². The Morgan fingerprint density at radius 1 is 1.19 bits per heavy atom. The summed E-state index contributed by atoms with van der Waals surface area (Å²) in [4.78, 5) is 8.57. The molecule has 0 aliphatic heterocycles. The number of hydrogen-bond donors (Lipinski definition) is 1. The fourth-order valence-electron chi connectivity index (χ4n) is 2.26. The third-order valence-corrected chi connectivity index (χ3v) is 3.44. The molecule has 0 bridgehead atoms. The number of aromatic nitrogens is 2. The predicted molar refractivity (Wildman–Crippen MR) is 61.8 cm³/mol. The molecule has 1 saturated carbocycles. The van der Waals surface area contributed by atoms with Crippen LogP contribution in [-0.2, 0) is 0 Å². The van der Waals surface area contributed by atoms with Gasteiger partial charge in [-0.2, -0.15) is 0 Å². The Hall–Kier alpha value is -1.48. The lowest BCUT2D eigenvalue weighted by Gasteiger charge is -2.30. The molecule has 1 N–H and O–H groups in total. The SMILES string of the molecule is OC(c1cccc2nccnc12)C1CCC1. The summed E-state index contributed by atoms with van der Waals surface area (Å²) in [6.07, 6.45) is 6.46. The number of hydrogen-bond acceptors (Lipinski definition) is 3. The van der Waals surface area contributed by atoms with Crippen LogP contribution >= 0.6 is 0 Å². The maximum Gasteiger partial charge on any atom is 0.0944 e. The van der Waals surface area contributed by atoms with Gasteiger partial charge in [0.15, 0.2) is 0 Å². The molecule has 3 rings (SSSR count). The number of rotatable bonds is 2. The number of nitrogens with zero attached hydrogens (tertiary/aromatic N) is 2. The first-order valence-electron chi connectivity index (χ1n) is 5.74. The molecule has 1 fully saturated rings. The maximum absolute atomic E-state index is 10.3. The van der Waals surface area contributed by atoms with Crippen molar-refractivity contribution < 1.29 is 5.11 Å². The van der Waals surface area contributed by atoms with Crippen molar-refractivity contribution in [3.05, 3.63) is 36.2 Å². The van der Waals surface area contributed by atoms with E-state index in [4.69, 9.17) is 0 Å². The van der Waals surface area contributed by atoms with Gasteiger partial charge < -0.3 is 5.11 Å². The van der Waals surface area contributed by atoms with Crippen molar-refractivity contribution in [1.29, 1.82) is 0 Å². The highest BCUT2D eigenvalue weighted by Crippen LogP contribution is 2.38. The van der Waals surface area contributed by atoms with Gasteiger partial charge in [0.2, 0.25) is 0 Å². The normalized spacial score (nSPS) is 18.3. The van der Waals surface area contributed by atoms with Crippen LogP contribution in [-0.4, -0.2) is 15.1 Å². The number of para-hydroxylation sites is 1. The third kappa shape index (κ3) is 1.48. The molecule has 0 saturated heterocycles. The largest absolute Gasteiger partial charge is 0.388 e. The van der Waals surface area contributed by atoms with E-state index in [-0.39, 0.29) is 6.10 Å². The molecule has 1 aliphatic rings. The van der Waals surface area contributed by atoms with E-state index in [0.29, 0.717) is 5.92 Å². The van der Waals surface area contributed by atoms with E-state index in [9.17, 15) is 5.11 Å². The van der Waals surface area contributed by atoms with Gasteiger partial charge in [-0.25, -0.2) is 0 Å². The van der Waals surface area contributed by atoms with Gasteiger partial charge in [-0.1, -0.05) is 18.6 Å². The van der Waals surface area contributed by atoms with Gasteiger partial charge in [-0.05, 0) is 24.8 Å². The Labute approximate surface area is 94.2 Å². The second kappa shape index (κ2) is 3.83. The van der Waals surface area contributed by atoms with Crippen molar-refractivity contribution >= 4 is 11.0 Å². The fraction of sp³-hybridized carbons (Fsp3) is 0.385. The van der Waals surface area contributed by atoms with Crippen molar-refractivity contribution in [2.75, 3.05) is 0 Å². The molecule has 0 radical (unpaired) electrons. The highest BCUT2D eigenvalue weighted by molar-refractivity contribution is 5.77. The van der Waals surface area contributed by atoms with Gasteiger partial charge in [-0.3, -0.25) is 9.97 Å². The summed E-state index contributed by atoms with van der Waals surface area (Å²) in [5, 5.41) is 10.3. The molecule has 0 spiro atoms. The number of fused-ring (bicyclic) bond motifs is 1. The molecule has 1 aliphatic carbocycles. The molecule has 1 unspecified atom stereocenters. The number of benzene rings is 1. The van der Waals surface area contributed by atoms with E-state index in [1.54, 1.807) is 12.4 Å². The first kappa shape index (κ1) is 9.73. The fourth-order valence-corrected chi connectivity index (χ4v) is 2.26. The van der Waals surface area contributed by atoms with Crippen molar-refractivity contribution in [3.8, 4) is 0 Å². The first-order valence-corrected chi connectivity index (χ1v) is 5.74. The Morgan fingerprint density at radius 2 is 2.00 bits per heavy atom. The lowest BCUT2D eigenvalue weighted by molar-refractivity contribution is 0.0631. The summed E-state index contributed by atoms with van der Waals surface area (Å²) >= 11 is 0. The zero-order valence-corrected chi connectivity index (χ0v) is 9.00. The smallest absolute Gasteiger partial charge is 0.0944 e. The van der Waals surface area contributed by atoms with Gasteiger partial charge in [0.1, 0.15) is 0 Å². The summed E-state index contributed by atoms with van der Waals surface area (Å²) in [6, 6.07) is 5.83. The van der Waals surface area contributed by atoms with Crippen LogP contribution in [0.3, 0.4) is 0 Å². The Balaban J connectivity index is 2.08. The molecular formula is C13H14N2O. The summed E-state index contributed by atoms with van der Waals surface area (Å²) in [7, 11) is 0. The van der Waals surface area contributed by atoms with E-state index in [1.165, 1.54) is 6.42 Å². The van der Waals surface area contributed by atoms with Crippen molar-refractivity contribution in [3.63, 3.8) is 0 Å². The van der Waals surface area contributed by atoms with Crippen LogP contribution in [0.4, 0.5) is 0 Å². The predicted octanol–water partition coefficient (Wildman–Crippen LogP) is 2.46. The molecule has 3 heteroatoms. The van der Waals surface area contributed by atoms with Crippen molar-refractivity contribution in [2.45, 2.75) is 25.4 Å². The summed E-state index contributed by atoms with van der Waals surface area (Å²) in [6.45, 7) is 0. The summed E-state index contributed by atoms with van der Waals surface area (Å²) in [5.41, 5.74) is 2.62. The average molecular weight is 214 g/mol. The molecule has 1 atom stereocenters. The van der Waals surface area contributed by atoms with Crippen LogP contribution in [0.2, 0.25) is 0 Å². The van der Waals surface area contributed by atoms with Crippen molar-refractivity contribution in [1.82, 2.24) is 9.97 Å². The van der Waals surface area contributed by atoms with Gasteiger partial charge in [0.25, 0.3) is 0 Å². The molecule has 0 amide bonds. The van der Waals surface area contributed by atoms with Gasteiger partial charge in [0.05, 0.1) is 17.1 Å². The van der Waals surface area contributed by atoms with E-state index >= 15 is 0 Å². The van der Waals surface area contributed by atoms with Gasteiger partial charge in [-0.15, -0.1) is 0 Å². The second-order valence-corrected chi connectivity index (χ2v) is 4.41. The topological polar surface area (TPSA) is 46.0 Å². The quantitative estimate of drug-likeness (QED) is 0.835. The highest BCUT2D eigenvalue weighted by Gasteiger charge is 2.28. The second-order valence-electron chi connectivity index (χ2n) is 4.41. The monoisotopic (exact) mass is 214 g/mol. The van der Waals surface area contributed by atoms with Crippen LogP contribution < -0.4 is 0 Å². The van der Waals surface area contributed by atoms with Crippen LogP contribution in [0.1, 0.15) is 30.9 Å². The van der Waals surface area contributed by atoms with E-state index < -0.39 is 0 Å². The van der Waals surface area contributed by atoms with Crippen LogP contribution in [0.5, 0.6) is 0 Å². The van der Waals surface area contributed by atoms with E-state index in [1.807, 2.05) is 18.2 Å². The Kier molecular flexibility index (Phi) is 2.33. The molecule has 1 aromatic carbocycles. The molecule has 2 aromatic rings. The Bertz CT molecular complexity index is 503. The third-order valence-electron chi connectivity index (χ3n) is 3.44. The molecule has 3 nitrogen and oxygen atoms in total. The standard InChI is InChI=1S/C13H14N2O/c16-13(9-3-1-4-9)10-5-2-6-11-12(10)15-8-7-14-11/h2,5-9,13,16H,1,3-4H2. The zero-order valence-electron chi connectivity index (χ0n) is 9.00. The minimum Gasteiger partial charge on any atom is -0.388 e. The number of aliphatic hydroxyl groups excluding tert-OH is 1. The van der Waals surface area contributed by atoms with Crippen molar-refractivity contribution in [2.24, 2.45) is 5.92 Å². The average Bonchev–Trinajstić information content (AvgIpc) is 2.26. The minimum absolute atomic E-state index is 0.380. The highest BCUT2D eigenvalue weighted by atomic mass is 16.3. The van der Waals surface area contributed by atoms with Crippen LogP contribution in [0, 0.1) is 5.92 Å². The van der Waals surface area contributed by atoms with Crippen LogP contribution in [0.25, 0.3) is 11.0 Å². The summed E-state index contributed by atoms with van der Waals surface area (Å²) in [5.74, 6) is 0.410. The van der Waals surface area contributed by atoms with E-state index in [2.05, 4.69) is 9.97 Å². The lowest BCUT2D eigenvalue weighted by Crippen LogP contribution is -2.20. The summed E-state index contributed by atoms with van der Waals surface area (Å²) < 4.78 is 0. The number of aliphatic hydroxyl groups is 1. The zero-order chi connectivity index (χ0) is 11.0. The lowest BCUT2D eigenvalue weighted by atomic mass is 9.78. The molecular weight excluding hydrogens is 200 g/mol. The maximum atomic E-state index is 10.3. The van der Waals surface area contributed by atoms with Gasteiger partial charge >= 0.3 is 0 Å². The van der Waals surface area contributed by atoms with E-state index in [0.717, 1.165) is 29.4 Å². The molecule has 16 heavy (non-hydrogen) atoms. The molecule has 1 aromatic heterocycles.